The van der Waals surface area contributed by atoms with E-state index in [-0.39, 0.29) is 0 Å². The molecule has 0 unspecified atom stereocenters. The summed E-state index contributed by atoms with van der Waals surface area (Å²) in [6, 6.07) is 41.5. The minimum absolute atomic E-state index is 0.677. The van der Waals surface area contributed by atoms with E-state index in [4.69, 9.17) is 9.97 Å². The molecule has 5 aromatic carbocycles. The van der Waals surface area contributed by atoms with Gasteiger partial charge in [0.25, 0.3) is 0 Å². The smallest absolute Gasteiger partial charge is 0.235 e. The van der Waals surface area contributed by atoms with Gasteiger partial charge in [0.2, 0.25) is 5.95 Å². The molecule has 0 amide bonds. The van der Waals surface area contributed by atoms with Crippen molar-refractivity contribution in [2.75, 3.05) is 0 Å². The molecule has 1 aliphatic rings. The Labute approximate surface area is 259 Å². The van der Waals surface area contributed by atoms with Gasteiger partial charge in [-0.15, -0.1) is 11.3 Å². The lowest BCUT2D eigenvalue weighted by Crippen LogP contribution is -2.01. The van der Waals surface area contributed by atoms with Crippen molar-refractivity contribution < 1.29 is 0 Å². The number of allylic oxidation sites excluding steroid dienone is 4. The normalized spacial score (nSPS) is 13.3. The van der Waals surface area contributed by atoms with E-state index in [1.165, 1.54) is 53.2 Å². The molecule has 9 rings (SSSR count). The number of para-hydroxylation sites is 1. The number of hydrogen-bond donors (Lipinski definition) is 0. The van der Waals surface area contributed by atoms with E-state index in [1.807, 2.05) is 23.6 Å². The van der Waals surface area contributed by atoms with Crippen molar-refractivity contribution >= 4 is 58.9 Å². The molecule has 0 saturated carbocycles. The summed E-state index contributed by atoms with van der Waals surface area (Å²) in [4.78, 5) is 10.1. The Morgan fingerprint density at radius 1 is 0.636 bits per heavy atom. The molecule has 3 heterocycles. The molecule has 1 aliphatic carbocycles. The summed E-state index contributed by atoms with van der Waals surface area (Å²) in [5.74, 6) is 0.677. The summed E-state index contributed by atoms with van der Waals surface area (Å²) in [6.07, 6.45) is 10.7. The van der Waals surface area contributed by atoms with Gasteiger partial charge >= 0.3 is 0 Å². The van der Waals surface area contributed by atoms with Crippen LogP contribution in [0.2, 0.25) is 0 Å². The maximum absolute atomic E-state index is 5.22. The minimum atomic E-state index is 0.677. The average Bonchev–Trinajstić information content (AvgIpc) is 3.64. The zero-order chi connectivity index (χ0) is 29.0. The number of nitrogens with zero attached hydrogens (tertiary/aromatic N) is 3. The molecule has 44 heavy (non-hydrogen) atoms. The van der Waals surface area contributed by atoms with Gasteiger partial charge in [-0.2, -0.15) is 0 Å². The molecule has 0 fully saturated rings. The molecule has 0 bridgehead atoms. The monoisotopic (exact) mass is 581 g/mol. The van der Waals surface area contributed by atoms with Crippen molar-refractivity contribution in [2.24, 2.45) is 0 Å². The van der Waals surface area contributed by atoms with E-state index in [2.05, 4.69) is 132 Å². The van der Waals surface area contributed by atoms with Gasteiger partial charge < -0.3 is 0 Å². The van der Waals surface area contributed by atoms with Gasteiger partial charge in [-0.25, -0.2) is 9.97 Å². The number of rotatable bonds is 4. The van der Waals surface area contributed by atoms with Gasteiger partial charge in [0, 0.05) is 42.7 Å². The molecule has 0 N–H and O–H groups in total. The molecule has 0 radical (unpaired) electrons. The Kier molecular flexibility index (Phi) is 5.81. The van der Waals surface area contributed by atoms with Crippen LogP contribution in [0.15, 0.2) is 140 Å². The molecule has 0 atom stereocenters. The third-order valence-electron chi connectivity index (χ3n) is 8.80. The lowest BCUT2D eigenvalue weighted by molar-refractivity contribution is 0.993. The standard InChI is InChI=1S/C40H27N3S/c1-2-9-26(10-3-1)27-17-19-28(20-18-27)29-21-22-31-30-11-4-6-15-36(30)43(37(31)25-29)40-41-24-23-35(42-40)34-14-8-13-33-32-12-5-7-16-38(32)44-39(33)34/h1-2,4-9,11-25H,3,10H2. The van der Waals surface area contributed by atoms with Crippen molar-refractivity contribution in [2.45, 2.75) is 12.8 Å². The SMILES string of the molecule is C1=CCCC(c2ccc(-c3ccc4c5ccccc5n(-c5nccc(-c6cccc7c6sc6ccccc67)n5)c4c3)cc2)=C1. The fourth-order valence-corrected chi connectivity index (χ4v) is 7.87. The Hall–Kier alpha value is -5.32. The summed E-state index contributed by atoms with van der Waals surface area (Å²) in [7, 11) is 0. The van der Waals surface area contributed by atoms with E-state index in [0.717, 1.165) is 35.1 Å². The van der Waals surface area contributed by atoms with Crippen molar-refractivity contribution in [3.05, 3.63) is 145 Å². The molecular formula is C40H27N3S. The topological polar surface area (TPSA) is 30.7 Å². The Bertz CT molecular complexity index is 2440. The molecule has 8 aromatic rings. The van der Waals surface area contributed by atoms with Crippen LogP contribution in [0.4, 0.5) is 0 Å². The molecule has 4 heteroatoms. The molecule has 0 aliphatic heterocycles. The second-order valence-corrected chi connectivity index (χ2v) is 12.4. The van der Waals surface area contributed by atoms with Gasteiger partial charge in [0.15, 0.2) is 0 Å². The Balaban J connectivity index is 1.20. The van der Waals surface area contributed by atoms with Crippen molar-refractivity contribution in [3.63, 3.8) is 0 Å². The number of thiophene rings is 1. The highest BCUT2D eigenvalue weighted by atomic mass is 32.1. The lowest BCUT2D eigenvalue weighted by atomic mass is 9.95. The maximum atomic E-state index is 5.22. The molecule has 3 nitrogen and oxygen atoms in total. The van der Waals surface area contributed by atoms with Crippen molar-refractivity contribution in [1.29, 1.82) is 0 Å². The Morgan fingerprint density at radius 2 is 1.41 bits per heavy atom. The second-order valence-electron chi connectivity index (χ2n) is 11.3. The Morgan fingerprint density at radius 3 is 2.30 bits per heavy atom. The van der Waals surface area contributed by atoms with Gasteiger partial charge in [0.1, 0.15) is 0 Å². The van der Waals surface area contributed by atoms with Crippen molar-refractivity contribution in [3.8, 4) is 28.3 Å². The average molecular weight is 582 g/mol. The number of fused-ring (bicyclic) bond motifs is 6. The first-order valence-electron chi connectivity index (χ1n) is 15.1. The third-order valence-corrected chi connectivity index (χ3v) is 10.0. The fraction of sp³-hybridized carbons (Fsp3) is 0.0500. The van der Waals surface area contributed by atoms with E-state index in [1.54, 1.807) is 0 Å². The van der Waals surface area contributed by atoms with E-state index in [9.17, 15) is 0 Å². The van der Waals surface area contributed by atoms with Gasteiger partial charge in [-0.1, -0.05) is 109 Å². The third kappa shape index (κ3) is 4.03. The fourth-order valence-electron chi connectivity index (χ4n) is 6.64. The van der Waals surface area contributed by atoms with Crippen LogP contribution in [-0.4, -0.2) is 14.5 Å². The van der Waals surface area contributed by atoms with Gasteiger partial charge in [-0.05, 0) is 59.4 Å². The van der Waals surface area contributed by atoms with E-state index < -0.39 is 0 Å². The highest BCUT2D eigenvalue weighted by Gasteiger charge is 2.17. The molecule has 0 spiro atoms. The summed E-state index contributed by atoms with van der Waals surface area (Å²) >= 11 is 1.83. The van der Waals surface area contributed by atoms with Crippen LogP contribution < -0.4 is 0 Å². The molecular weight excluding hydrogens is 555 g/mol. The molecule has 0 saturated heterocycles. The first kappa shape index (κ1) is 25.2. The van der Waals surface area contributed by atoms with Crippen LogP contribution in [0, 0.1) is 0 Å². The summed E-state index contributed by atoms with van der Waals surface area (Å²) < 4.78 is 4.77. The first-order valence-corrected chi connectivity index (χ1v) is 15.9. The minimum Gasteiger partial charge on any atom is -0.278 e. The maximum Gasteiger partial charge on any atom is 0.235 e. The van der Waals surface area contributed by atoms with Crippen LogP contribution in [0.5, 0.6) is 0 Å². The number of benzene rings is 5. The van der Waals surface area contributed by atoms with Crippen LogP contribution in [0.25, 0.3) is 75.9 Å². The van der Waals surface area contributed by atoms with Crippen LogP contribution in [0.1, 0.15) is 18.4 Å². The molecule has 3 aromatic heterocycles. The zero-order valence-corrected chi connectivity index (χ0v) is 24.8. The second kappa shape index (κ2) is 10.1. The summed E-state index contributed by atoms with van der Waals surface area (Å²) in [6.45, 7) is 0. The van der Waals surface area contributed by atoms with Crippen LogP contribution >= 0.6 is 11.3 Å². The van der Waals surface area contributed by atoms with Gasteiger partial charge in [0.05, 0.1) is 16.7 Å². The number of aromatic nitrogens is 3. The summed E-state index contributed by atoms with van der Waals surface area (Å²) in [5.41, 5.74) is 9.34. The highest BCUT2D eigenvalue weighted by molar-refractivity contribution is 7.26. The predicted molar refractivity (Wildman–Crippen MR) is 186 cm³/mol. The van der Waals surface area contributed by atoms with Crippen LogP contribution in [0.3, 0.4) is 0 Å². The van der Waals surface area contributed by atoms with E-state index >= 15 is 0 Å². The first-order chi connectivity index (χ1) is 21.8. The van der Waals surface area contributed by atoms with Gasteiger partial charge in [-0.3, -0.25) is 4.57 Å². The summed E-state index contributed by atoms with van der Waals surface area (Å²) in [5, 5.41) is 4.95. The molecule has 208 valence electrons. The highest BCUT2D eigenvalue weighted by Crippen LogP contribution is 2.40. The van der Waals surface area contributed by atoms with Crippen LogP contribution in [-0.2, 0) is 0 Å². The van der Waals surface area contributed by atoms with Crippen molar-refractivity contribution in [1.82, 2.24) is 14.5 Å². The number of hydrogen-bond acceptors (Lipinski definition) is 3. The van der Waals surface area contributed by atoms with E-state index in [0.29, 0.717) is 5.95 Å². The predicted octanol–water partition coefficient (Wildman–Crippen LogP) is 11.0. The zero-order valence-electron chi connectivity index (χ0n) is 23.9. The largest absolute Gasteiger partial charge is 0.278 e. The lowest BCUT2D eigenvalue weighted by Gasteiger charge is -2.11. The quantitative estimate of drug-likeness (QED) is 0.207.